The number of benzene rings is 2. The molecule has 1 N–H and O–H groups in total. The standard InChI is InChI=1S/C30H35N5O2/c1-21-9-10-22(17-25(21)30(36)35-15-13-34(14-16-35)12-11-33(2)3)23-18-26-27(20-32-29(26)31-19-23)24-7-5-6-8-28(24)37-4/h5-10,17-20H,11-16H2,1-4H3,(H,31,32). The van der Waals surface area contributed by atoms with Crippen molar-refractivity contribution in [2.75, 3.05) is 60.5 Å². The van der Waals surface area contributed by atoms with E-state index in [1.54, 1.807) is 7.11 Å². The largest absolute Gasteiger partial charge is 0.496 e. The molecule has 1 aliphatic heterocycles. The smallest absolute Gasteiger partial charge is 0.254 e. The summed E-state index contributed by atoms with van der Waals surface area (Å²) in [7, 11) is 5.88. The van der Waals surface area contributed by atoms with Gasteiger partial charge in [-0.2, -0.15) is 0 Å². The number of fused-ring (bicyclic) bond motifs is 1. The number of likely N-dealkylation sites (N-methyl/N-ethyl adjacent to an activating group) is 1. The van der Waals surface area contributed by atoms with Crippen LogP contribution in [0.5, 0.6) is 5.75 Å². The SMILES string of the molecule is COc1ccccc1-c1c[nH]c2ncc(-c3ccc(C)c(C(=O)N4CCN(CCN(C)C)CC4)c3)cc12. The lowest BCUT2D eigenvalue weighted by Crippen LogP contribution is -2.50. The van der Waals surface area contributed by atoms with Crippen LogP contribution in [0.25, 0.3) is 33.3 Å². The average molecular weight is 498 g/mol. The number of hydrogen-bond donors (Lipinski definition) is 1. The molecule has 1 amide bonds. The summed E-state index contributed by atoms with van der Waals surface area (Å²) in [5.41, 5.74) is 6.59. The van der Waals surface area contributed by atoms with Crippen LogP contribution < -0.4 is 4.74 Å². The van der Waals surface area contributed by atoms with Gasteiger partial charge in [-0.1, -0.05) is 30.3 Å². The number of hydrogen-bond acceptors (Lipinski definition) is 5. The first kappa shape index (κ1) is 25.0. The van der Waals surface area contributed by atoms with E-state index in [0.717, 1.165) is 89.4 Å². The molecule has 0 radical (unpaired) electrons. The second-order valence-electron chi connectivity index (χ2n) is 9.99. The summed E-state index contributed by atoms with van der Waals surface area (Å²) in [4.78, 5) is 28.1. The second-order valence-corrected chi connectivity index (χ2v) is 9.99. The molecule has 7 heteroatoms. The van der Waals surface area contributed by atoms with Crippen LogP contribution >= 0.6 is 0 Å². The van der Waals surface area contributed by atoms with Crippen LogP contribution in [-0.4, -0.2) is 91.0 Å². The Morgan fingerprint density at radius 1 is 1.03 bits per heavy atom. The van der Waals surface area contributed by atoms with Crippen molar-refractivity contribution < 1.29 is 9.53 Å². The minimum atomic E-state index is 0.108. The number of aromatic amines is 1. The van der Waals surface area contributed by atoms with E-state index in [2.05, 4.69) is 52.1 Å². The van der Waals surface area contributed by atoms with E-state index in [-0.39, 0.29) is 5.91 Å². The van der Waals surface area contributed by atoms with Gasteiger partial charge in [-0.3, -0.25) is 9.69 Å². The zero-order valence-electron chi connectivity index (χ0n) is 22.1. The lowest BCUT2D eigenvalue weighted by molar-refractivity contribution is 0.0629. The van der Waals surface area contributed by atoms with E-state index in [9.17, 15) is 4.79 Å². The molecule has 0 unspecified atom stereocenters. The molecule has 0 spiro atoms. The molecule has 2 aromatic heterocycles. The summed E-state index contributed by atoms with van der Waals surface area (Å²) in [6, 6.07) is 16.3. The highest BCUT2D eigenvalue weighted by Crippen LogP contribution is 2.36. The number of ether oxygens (including phenoxy) is 1. The number of piperazine rings is 1. The van der Waals surface area contributed by atoms with Crippen molar-refractivity contribution in [3.8, 4) is 28.0 Å². The first-order chi connectivity index (χ1) is 17.9. The number of pyridine rings is 1. The lowest BCUT2D eigenvalue weighted by atomic mass is 9.98. The van der Waals surface area contributed by atoms with Gasteiger partial charge < -0.3 is 19.5 Å². The number of H-pyrrole nitrogens is 1. The third kappa shape index (κ3) is 5.24. The number of aryl methyl sites for hydroxylation is 1. The number of methoxy groups -OCH3 is 1. The fraction of sp³-hybridized carbons (Fsp3) is 0.333. The minimum absolute atomic E-state index is 0.108. The molecule has 1 aliphatic rings. The molecule has 1 saturated heterocycles. The predicted molar refractivity (Wildman–Crippen MR) is 149 cm³/mol. The number of carbonyl (C=O) groups is 1. The average Bonchev–Trinajstić information content (AvgIpc) is 3.35. The highest BCUT2D eigenvalue weighted by molar-refractivity contribution is 5.99. The number of carbonyl (C=O) groups excluding carboxylic acids is 1. The van der Waals surface area contributed by atoms with E-state index in [0.29, 0.717) is 0 Å². The lowest BCUT2D eigenvalue weighted by Gasteiger charge is -2.35. The van der Waals surface area contributed by atoms with Crippen molar-refractivity contribution in [1.29, 1.82) is 0 Å². The number of nitrogens with one attached hydrogen (secondary N) is 1. The maximum Gasteiger partial charge on any atom is 0.254 e. The molecule has 0 bridgehead atoms. The third-order valence-electron chi connectivity index (χ3n) is 7.25. The number of rotatable bonds is 7. The molecular formula is C30H35N5O2. The van der Waals surface area contributed by atoms with E-state index >= 15 is 0 Å². The fourth-order valence-electron chi connectivity index (χ4n) is 4.97. The summed E-state index contributed by atoms with van der Waals surface area (Å²) in [6.45, 7) is 7.43. The Morgan fingerprint density at radius 3 is 2.57 bits per heavy atom. The maximum atomic E-state index is 13.5. The third-order valence-corrected chi connectivity index (χ3v) is 7.25. The molecule has 0 aliphatic carbocycles. The molecule has 2 aromatic carbocycles. The summed E-state index contributed by atoms with van der Waals surface area (Å²) >= 11 is 0. The van der Waals surface area contributed by atoms with E-state index in [1.807, 2.05) is 54.5 Å². The van der Waals surface area contributed by atoms with Crippen molar-refractivity contribution in [2.24, 2.45) is 0 Å². The fourth-order valence-corrected chi connectivity index (χ4v) is 4.97. The van der Waals surface area contributed by atoms with Crippen LogP contribution in [0.1, 0.15) is 15.9 Å². The van der Waals surface area contributed by atoms with Gasteiger partial charge in [-0.25, -0.2) is 4.98 Å². The molecular weight excluding hydrogens is 462 g/mol. The van der Waals surface area contributed by atoms with Gasteiger partial charge in [0.15, 0.2) is 0 Å². The minimum Gasteiger partial charge on any atom is -0.496 e. The van der Waals surface area contributed by atoms with Crippen LogP contribution in [0, 0.1) is 6.92 Å². The van der Waals surface area contributed by atoms with E-state index in [4.69, 9.17) is 4.74 Å². The van der Waals surface area contributed by atoms with Crippen LogP contribution in [0.3, 0.4) is 0 Å². The Kier molecular flexibility index (Phi) is 7.26. The van der Waals surface area contributed by atoms with Crippen LogP contribution in [0.4, 0.5) is 0 Å². The summed E-state index contributed by atoms with van der Waals surface area (Å²) in [5.74, 6) is 0.927. The first-order valence-corrected chi connectivity index (χ1v) is 12.8. The second kappa shape index (κ2) is 10.7. The van der Waals surface area contributed by atoms with Gasteiger partial charge in [-0.05, 0) is 50.3 Å². The molecule has 7 nitrogen and oxygen atoms in total. The number of para-hydroxylation sites is 1. The van der Waals surface area contributed by atoms with Crippen LogP contribution in [0.15, 0.2) is 60.9 Å². The number of amides is 1. The summed E-state index contributed by atoms with van der Waals surface area (Å²) in [5, 5.41) is 1.02. The highest BCUT2D eigenvalue weighted by Gasteiger charge is 2.23. The number of aromatic nitrogens is 2. The van der Waals surface area contributed by atoms with Crippen molar-refractivity contribution in [3.63, 3.8) is 0 Å². The zero-order chi connectivity index (χ0) is 25.9. The van der Waals surface area contributed by atoms with Crippen LogP contribution in [-0.2, 0) is 0 Å². The van der Waals surface area contributed by atoms with Gasteiger partial charge in [0.1, 0.15) is 11.4 Å². The maximum absolute atomic E-state index is 13.5. The zero-order valence-corrected chi connectivity index (χ0v) is 22.1. The topological polar surface area (TPSA) is 64.7 Å². The van der Waals surface area contributed by atoms with Crippen LogP contribution in [0.2, 0.25) is 0 Å². The Bertz CT molecular complexity index is 1400. The van der Waals surface area contributed by atoms with Gasteiger partial charge in [0.25, 0.3) is 5.91 Å². The monoisotopic (exact) mass is 497 g/mol. The molecule has 37 heavy (non-hydrogen) atoms. The molecule has 192 valence electrons. The Hall–Kier alpha value is -3.68. The van der Waals surface area contributed by atoms with Crippen molar-refractivity contribution >= 4 is 16.9 Å². The predicted octanol–water partition coefficient (Wildman–Crippen LogP) is 4.53. The highest BCUT2D eigenvalue weighted by atomic mass is 16.5. The van der Waals surface area contributed by atoms with E-state index in [1.165, 1.54) is 0 Å². The molecule has 3 heterocycles. The quantitative estimate of drug-likeness (QED) is 0.406. The number of nitrogens with zero attached hydrogens (tertiary/aromatic N) is 4. The molecule has 5 rings (SSSR count). The molecule has 4 aromatic rings. The summed E-state index contributed by atoms with van der Waals surface area (Å²) < 4.78 is 5.59. The van der Waals surface area contributed by atoms with Crippen molar-refractivity contribution in [2.45, 2.75) is 6.92 Å². The Labute approximate surface area is 218 Å². The first-order valence-electron chi connectivity index (χ1n) is 12.8. The normalized spacial score (nSPS) is 14.5. The summed E-state index contributed by atoms with van der Waals surface area (Å²) in [6.07, 6.45) is 3.84. The van der Waals surface area contributed by atoms with Gasteiger partial charge in [0, 0.05) is 79.3 Å². The molecule has 0 saturated carbocycles. The van der Waals surface area contributed by atoms with Gasteiger partial charge in [0.05, 0.1) is 7.11 Å². The van der Waals surface area contributed by atoms with Crippen molar-refractivity contribution in [1.82, 2.24) is 24.7 Å². The molecule has 1 fully saturated rings. The van der Waals surface area contributed by atoms with E-state index < -0.39 is 0 Å². The Balaban J connectivity index is 1.40. The molecule has 0 atom stereocenters. The van der Waals surface area contributed by atoms with Crippen molar-refractivity contribution in [3.05, 3.63) is 72.1 Å². The van der Waals surface area contributed by atoms with Gasteiger partial charge in [0.2, 0.25) is 0 Å². The van der Waals surface area contributed by atoms with Gasteiger partial charge >= 0.3 is 0 Å². The Morgan fingerprint density at radius 2 is 1.81 bits per heavy atom. The van der Waals surface area contributed by atoms with Gasteiger partial charge in [-0.15, -0.1) is 0 Å².